The van der Waals surface area contributed by atoms with E-state index in [0.717, 1.165) is 128 Å². The van der Waals surface area contributed by atoms with E-state index in [1.54, 1.807) is 0 Å². The lowest BCUT2D eigenvalue weighted by atomic mass is 10.0. The molecule has 0 amide bonds. The van der Waals surface area contributed by atoms with Crippen LogP contribution < -0.4 is 5.11 Å². The molecule has 2 unspecified atom stereocenters. The van der Waals surface area contributed by atoms with Crippen LogP contribution in [0.25, 0.3) is 0 Å². The maximum Gasteiger partial charge on any atom is 0.306 e. The molecular weight excluding hydrogens is 1050 g/mol. The van der Waals surface area contributed by atoms with Crippen LogP contribution in [0.3, 0.4) is 0 Å². The van der Waals surface area contributed by atoms with Crippen molar-refractivity contribution in [2.24, 2.45) is 0 Å². The lowest BCUT2D eigenvalue weighted by Crippen LogP contribution is -2.44. The first-order valence-corrected chi connectivity index (χ1v) is 34.0. The topological polar surface area (TPSA) is 111 Å². The average molecular weight is 1180 g/mol. The van der Waals surface area contributed by atoms with E-state index >= 15 is 0 Å². The summed E-state index contributed by atoms with van der Waals surface area (Å²) in [6.45, 7) is 4.60. The SMILES string of the molecule is CC/C=C\C/C=C\C/C=C\C/C=C\C/C=C\C/C=C\C/C=C\C/C=C\C/C=C\CCCCCCCCCCCCCC(=O)OC(COC(=O)CCCCCCCC/C=C\C/C=C\C/C=C\CCCCCCC)COC(OCC[N+](C)(C)C)C(=O)[O-]. The first-order chi connectivity index (χ1) is 41.6. The number of likely N-dealkylation sites (N-methyl/N-ethyl adjacent to an activating group) is 1. The van der Waals surface area contributed by atoms with Crippen LogP contribution in [0.4, 0.5) is 0 Å². The van der Waals surface area contributed by atoms with E-state index in [4.69, 9.17) is 18.9 Å². The lowest BCUT2D eigenvalue weighted by Gasteiger charge is -2.26. The van der Waals surface area contributed by atoms with Crippen LogP contribution in [0, 0.1) is 0 Å². The number of hydrogen-bond acceptors (Lipinski definition) is 8. The van der Waals surface area contributed by atoms with Gasteiger partial charge in [0.25, 0.3) is 0 Å². The quantitative estimate of drug-likeness (QED) is 0.0195. The second-order valence-corrected chi connectivity index (χ2v) is 23.4. The minimum absolute atomic E-state index is 0.138. The summed E-state index contributed by atoms with van der Waals surface area (Å²) in [6, 6.07) is 0. The van der Waals surface area contributed by atoms with Gasteiger partial charge in [-0.1, -0.05) is 269 Å². The number of carboxylic acids is 1. The minimum atomic E-state index is -1.63. The second kappa shape index (κ2) is 65.2. The predicted octanol–water partition coefficient (Wildman–Crippen LogP) is 19.8. The molecule has 0 rings (SSSR count). The van der Waals surface area contributed by atoms with E-state index in [0.29, 0.717) is 17.4 Å². The van der Waals surface area contributed by atoms with E-state index < -0.39 is 24.3 Å². The highest BCUT2D eigenvalue weighted by Crippen LogP contribution is 2.15. The number of unbranched alkanes of at least 4 members (excludes halogenated alkanes) is 22. The van der Waals surface area contributed by atoms with Gasteiger partial charge in [0.2, 0.25) is 0 Å². The summed E-state index contributed by atoms with van der Waals surface area (Å²) in [5.41, 5.74) is 0. The van der Waals surface area contributed by atoms with E-state index in [9.17, 15) is 19.5 Å². The van der Waals surface area contributed by atoms with Gasteiger partial charge >= 0.3 is 11.9 Å². The number of carbonyl (C=O) groups excluding carboxylic acids is 3. The summed E-state index contributed by atoms with van der Waals surface area (Å²) >= 11 is 0. The second-order valence-electron chi connectivity index (χ2n) is 23.4. The fraction of sp³-hybridized carbons (Fsp3) is 0.645. The highest BCUT2D eigenvalue weighted by molar-refractivity contribution is 5.70. The Kier molecular flexibility index (Phi) is 61.4. The molecule has 0 saturated carbocycles. The number of hydrogen-bond donors (Lipinski definition) is 0. The van der Waals surface area contributed by atoms with Crippen LogP contribution in [0.2, 0.25) is 0 Å². The van der Waals surface area contributed by atoms with Crippen LogP contribution in [-0.2, 0) is 33.3 Å². The maximum atomic E-state index is 12.9. The molecule has 0 aromatic carbocycles. The van der Waals surface area contributed by atoms with E-state index in [2.05, 4.69) is 160 Å². The van der Waals surface area contributed by atoms with Crippen LogP contribution in [0.15, 0.2) is 146 Å². The third-order valence-corrected chi connectivity index (χ3v) is 14.1. The van der Waals surface area contributed by atoms with Crippen molar-refractivity contribution < 1.29 is 42.9 Å². The van der Waals surface area contributed by atoms with Gasteiger partial charge in [-0.3, -0.25) is 9.59 Å². The Morgan fingerprint density at radius 1 is 0.365 bits per heavy atom. The predicted molar refractivity (Wildman–Crippen MR) is 361 cm³/mol. The first kappa shape index (κ1) is 80.2. The number of quaternary nitrogens is 1. The number of aliphatic carboxylic acids is 1. The van der Waals surface area contributed by atoms with Crippen molar-refractivity contribution in [3.63, 3.8) is 0 Å². The third kappa shape index (κ3) is 66.5. The van der Waals surface area contributed by atoms with E-state index in [-0.39, 0.29) is 38.6 Å². The number of rotatable bonds is 61. The van der Waals surface area contributed by atoms with Gasteiger partial charge in [-0.2, -0.15) is 0 Å². The van der Waals surface area contributed by atoms with Crippen LogP contribution in [-0.4, -0.2) is 82.3 Å². The van der Waals surface area contributed by atoms with Gasteiger partial charge in [0.05, 0.1) is 40.3 Å². The van der Waals surface area contributed by atoms with E-state index in [1.165, 1.54) is 96.3 Å². The van der Waals surface area contributed by atoms with Crippen molar-refractivity contribution in [1.29, 1.82) is 0 Å². The van der Waals surface area contributed by atoms with Crippen LogP contribution >= 0.6 is 0 Å². The number of ether oxygens (including phenoxy) is 4. The molecule has 0 aliphatic rings. The molecule has 0 bridgehead atoms. The van der Waals surface area contributed by atoms with E-state index in [1.807, 2.05) is 21.1 Å². The molecule has 2 atom stereocenters. The zero-order valence-electron chi connectivity index (χ0n) is 54.9. The molecular formula is C76H125NO8. The molecule has 0 aliphatic carbocycles. The molecule has 0 aromatic rings. The fourth-order valence-electron chi connectivity index (χ4n) is 8.89. The lowest BCUT2D eigenvalue weighted by molar-refractivity contribution is -0.870. The largest absolute Gasteiger partial charge is 0.545 e. The summed E-state index contributed by atoms with van der Waals surface area (Å²) < 4.78 is 22.7. The molecule has 0 spiro atoms. The van der Waals surface area contributed by atoms with Crippen molar-refractivity contribution >= 4 is 17.9 Å². The summed E-state index contributed by atoms with van der Waals surface area (Å²) in [5, 5.41) is 11.8. The molecule has 0 aromatic heterocycles. The maximum absolute atomic E-state index is 12.9. The number of esters is 2. The van der Waals surface area contributed by atoms with Crippen molar-refractivity contribution in [3.05, 3.63) is 146 Å². The van der Waals surface area contributed by atoms with Gasteiger partial charge < -0.3 is 33.3 Å². The van der Waals surface area contributed by atoms with Gasteiger partial charge in [-0.15, -0.1) is 0 Å². The molecule has 9 heteroatoms. The first-order valence-electron chi connectivity index (χ1n) is 34.0. The Bertz CT molecular complexity index is 1900. The summed E-state index contributed by atoms with van der Waals surface area (Å²) in [7, 11) is 5.91. The van der Waals surface area contributed by atoms with Crippen LogP contribution in [0.5, 0.6) is 0 Å². The molecule has 0 N–H and O–H groups in total. The third-order valence-electron chi connectivity index (χ3n) is 14.1. The van der Waals surface area contributed by atoms with Gasteiger partial charge in [0.1, 0.15) is 13.2 Å². The standard InChI is InChI=1S/C76H125NO8/c1-6-8-10-12-14-16-18-20-22-24-26-28-29-30-31-32-33-34-35-36-37-38-39-40-41-42-43-44-45-47-49-51-53-55-57-59-61-63-65-67-74(79)85-72(71-84-76(75(80)81)82-69-68-77(3,4)5)70-83-73(78)66-64-62-60-58-56-54-52-50-48-46-27-25-23-21-19-17-15-13-11-9-7-2/h8,10,14,16,19-22,25-28,30-31,33-34,36-37,39-40,42-43,48,50,72,76H,6-7,9,11-13,15,17-18,23-24,29,32,35,38,41,44-47,49,51-71H2,1-5H3/b10-8-,16-14-,21-19-,22-20-,27-25-,28-26-,31-30-,34-33-,37-36-,40-39-,43-42-,50-48-. The van der Waals surface area contributed by atoms with Crippen molar-refractivity contribution in [2.75, 3.05) is 47.5 Å². The monoisotopic (exact) mass is 1180 g/mol. The fourth-order valence-corrected chi connectivity index (χ4v) is 8.89. The number of allylic oxidation sites excluding steroid dienone is 24. The Morgan fingerprint density at radius 2 is 0.671 bits per heavy atom. The molecule has 0 aliphatic heterocycles. The zero-order chi connectivity index (χ0) is 61.9. The molecule has 85 heavy (non-hydrogen) atoms. The molecule has 0 saturated heterocycles. The van der Waals surface area contributed by atoms with Gasteiger partial charge in [0, 0.05) is 12.8 Å². The molecule has 482 valence electrons. The summed E-state index contributed by atoms with van der Waals surface area (Å²) in [6.07, 6.45) is 92.0. The number of carboxylic acid groups (broad SMARTS) is 1. The van der Waals surface area contributed by atoms with Crippen molar-refractivity contribution in [1.82, 2.24) is 0 Å². The van der Waals surface area contributed by atoms with Crippen molar-refractivity contribution in [2.45, 2.75) is 270 Å². The number of nitrogens with zero attached hydrogens (tertiary/aromatic N) is 1. The highest BCUT2D eigenvalue weighted by Gasteiger charge is 2.22. The number of carbonyl (C=O) groups is 3. The Hall–Kier alpha value is -4.83. The normalized spacial score (nSPS) is 13.7. The molecule has 0 heterocycles. The summed E-state index contributed by atoms with van der Waals surface area (Å²) in [4.78, 5) is 37.4. The molecule has 0 radical (unpaired) electrons. The Balaban J connectivity index is 4.18. The summed E-state index contributed by atoms with van der Waals surface area (Å²) in [5.74, 6) is -2.31. The van der Waals surface area contributed by atoms with Gasteiger partial charge in [-0.25, -0.2) is 0 Å². The van der Waals surface area contributed by atoms with Crippen LogP contribution in [0.1, 0.15) is 258 Å². The van der Waals surface area contributed by atoms with Crippen molar-refractivity contribution in [3.8, 4) is 0 Å². The molecule has 0 fully saturated rings. The highest BCUT2D eigenvalue weighted by atomic mass is 16.7. The average Bonchev–Trinajstić information content (AvgIpc) is 3.49. The Labute approximate surface area is 522 Å². The smallest absolute Gasteiger partial charge is 0.306 e. The Morgan fingerprint density at radius 3 is 1.00 bits per heavy atom. The van der Waals surface area contributed by atoms with Gasteiger partial charge in [-0.05, 0) is 122 Å². The minimum Gasteiger partial charge on any atom is -0.545 e. The van der Waals surface area contributed by atoms with Gasteiger partial charge in [0.15, 0.2) is 12.4 Å². The molecule has 9 nitrogen and oxygen atoms in total. The zero-order valence-corrected chi connectivity index (χ0v) is 54.9.